The third kappa shape index (κ3) is 4.01. The van der Waals surface area contributed by atoms with Gasteiger partial charge in [-0.25, -0.2) is 9.97 Å². The minimum absolute atomic E-state index is 0.00428. The van der Waals surface area contributed by atoms with Crippen LogP contribution in [0.25, 0.3) is 0 Å². The highest BCUT2D eigenvalue weighted by Gasteiger charge is 2.19. The van der Waals surface area contributed by atoms with E-state index in [1.807, 2.05) is 13.0 Å². The molecule has 0 fully saturated rings. The van der Waals surface area contributed by atoms with E-state index in [-0.39, 0.29) is 11.5 Å². The molecule has 92 valence electrons. The molecule has 0 spiro atoms. The van der Waals surface area contributed by atoms with Gasteiger partial charge in [-0.1, -0.05) is 33.6 Å². The van der Waals surface area contributed by atoms with Crippen molar-refractivity contribution in [2.45, 2.75) is 45.6 Å². The van der Waals surface area contributed by atoms with Gasteiger partial charge in [0.15, 0.2) is 0 Å². The minimum atomic E-state index is -0.0853. The predicted molar refractivity (Wildman–Crippen MR) is 75.0 cm³/mol. The number of hydrogen-bond acceptors (Lipinski definition) is 3. The summed E-state index contributed by atoms with van der Waals surface area (Å²) in [5.74, 6) is 4.25. The van der Waals surface area contributed by atoms with E-state index >= 15 is 0 Å². The minimum Gasteiger partial charge on any atom is -0.356 e. The molecule has 3 nitrogen and oxygen atoms in total. The summed E-state index contributed by atoms with van der Waals surface area (Å²) in [5.41, 5.74) is -0.0853. The van der Waals surface area contributed by atoms with Crippen LogP contribution in [0.3, 0.4) is 0 Å². The van der Waals surface area contributed by atoms with Crippen LogP contribution in [0.1, 0.15) is 39.9 Å². The van der Waals surface area contributed by atoms with E-state index in [1.165, 1.54) is 0 Å². The zero-order valence-corrected chi connectivity index (χ0v) is 12.3. The van der Waals surface area contributed by atoms with Crippen LogP contribution in [-0.4, -0.2) is 16.0 Å². The number of rotatable bonds is 3. The van der Waals surface area contributed by atoms with E-state index in [9.17, 15) is 0 Å². The molecule has 0 saturated carbocycles. The van der Waals surface area contributed by atoms with E-state index in [4.69, 9.17) is 6.42 Å². The Balaban J connectivity index is 3.03. The Morgan fingerprint density at radius 3 is 2.59 bits per heavy atom. The maximum absolute atomic E-state index is 5.43. The summed E-state index contributed by atoms with van der Waals surface area (Å²) in [6, 6.07) is 1.85. The fraction of sp³-hybridized carbons (Fsp3) is 0.538. The predicted octanol–water partition coefficient (Wildman–Crippen LogP) is 3.36. The van der Waals surface area contributed by atoms with Crippen molar-refractivity contribution in [1.29, 1.82) is 0 Å². The SMILES string of the molecule is C#CC(CC)Nc1cc(Br)nc(C(C)(C)C)n1. The van der Waals surface area contributed by atoms with Crippen molar-refractivity contribution in [3.05, 3.63) is 16.5 Å². The molecule has 1 aromatic rings. The number of nitrogens with one attached hydrogen (secondary N) is 1. The molecule has 0 radical (unpaired) electrons. The lowest BCUT2D eigenvalue weighted by Gasteiger charge is -2.19. The average Bonchev–Trinajstić information content (AvgIpc) is 2.24. The molecule has 0 aromatic carbocycles. The Morgan fingerprint density at radius 2 is 2.12 bits per heavy atom. The van der Waals surface area contributed by atoms with E-state index in [0.29, 0.717) is 0 Å². The lowest BCUT2D eigenvalue weighted by molar-refractivity contribution is 0.544. The summed E-state index contributed by atoms with van der Waals surface area (Å²) in [5, 5.41) is 3.21. The molecule has 0 saturated heterocycles. The second-order valence-electron chi connectivity index (χ2n) is 4.92. The molecule has 0 aliphatic carbocycles. The first kappa shape index (κ1) is 14.0. The Labute approximate surface area is 112 Å². The zero-order valence-electron chi connectivity index (χ0n) is 10.7. The normalized spacial score (nSPS) is 12.9. The van der Waals surface area contributed by atoms with Crippen molar-refractivity contribution in [2.75, 3.05) is 5.32 Å². The molecule has 0 aliphatic heterocycles. The van der Waals surface area contributed by atoms with Crippen molar-refractivity contribution in [2.24, 2.45) is 0 Å². The molecule has 0 amide bonds. The first-order chi connectivity index (χ1) is 7.86. The highest BCUT2D eigenvalue weighted by atomic mass is 79.9. The molecule has 0 bridgehead atoms. The van der Waals surface area contributed by atoms with Gasteiger partial charge in [0, 0.05) is 11.5 Å². The van der Waals surface area contributed by atoms with Crippen molar-refractivity contribution >= 4 is 21.7 Å². The van der Waals surface area contributed by atoms with Crippen LogP contribution in [0.15, 0.2) is 10.7 Å². The molecule has 17 heavy (non-hydrogen) atoms. The molecule has 1 rings (SSSR count). The number of nitrogens with zero attached hydrogens (tertiary/aromatic N) is 2. The number of hydrogen-bond donors (Lipinski definition) is 1. The van der Waals surface area contributed by atoms with Crippen LogP contribution in [0, 0.1) is 12.3 Å². The van der Waals surface area contributed by atoms with Crippen molar-refractivity contribution in [1.82, 2.24) is 9.97 Å². The van der Waals surface area contributed by atoms with Gasteiger partial charge in [0.1, 0.15) is 16.2 Å². The quantitative estimate of drug-likeness (QED) is 0.686. The van der Waals surface area contributed by atoms with Crippen LogP contribution in [0.2, 0.25) is 0 Å². The van der Waals surface area contributed by atoms with Gasteiger partial charge in [0.05, 0.1) is 6.04 Å². The van der Waals surface area contributed by atoms with Gasteiger partial charge in [-0.15, -0.1) is 6.42 Å². The summed E-state index contributed by atoms with van der Waals surface area (Å²) in [4.78, 5) is 8.87. The first-order valence-electron chi connectivity index (χ1n) is 5.64. The average molecular weight is 296 g/mol. The van der Waals surface area contributed by atoms with Gasteiger partial charge in [0.2, 0.25) is 0 Å². The fourth-order valence-corrected chi connectivity index (χ4v) is 1.65. The fourth-order valence-electron chi connectivity index (χ4n) is 1.27. The van der Waals surface area contributed by atoms with Crippen molar-refractivity contribution in [3.8, 4) is 12.3 Å². The van der Waals surface area contributed by atoms with Gasteiger partial charge < -0.3 is 5.32 Å². The van der Waals surface area contributed by atoms with E-state index in [1.54, 1.807) is 0 Å². The van der Waals surface area contributed by atoms with Gasteiger partial charge in [-0.2, -0.15) is 0 Å². The molecule has 0 aliphatic rings. The molecule has 1 aromatic heterocycles. The Bertz CT molecular complexity index is 429. The highest BCUT2D eigenvalue weighted by Crippen LogP contribution is 2.22. The topological polar surface area (TPSA) is 37.8 Å². The standard InChI is InChI=1S/C13H18BrN3/c1-6-9(7-2)15-11-8-10(14)16-12(17-11)13(3,4)5/h1,8-9H,7H2,2-5H3,(H,15,16,17). The first-order valence-corrected chi connectivity index (χ1v) is 6.44. The third-order valence-corrected chi connectivity index (χ3v) is 2.70. The van der Waals surface area contributed by atoms with Crippen LogP contribution in [0.4, 0.5) is 5.82 Å². The highest BCUT2D eigenvalue weighted by molar-refractivity contribution is 9.10. The van der Waals surface area contributed by atoms with E-state index < -0.39 is 0 Å². The smallest absolute Gasteiger partial charge is 0.137 e. The molecular formula is C13H18BrN3. The summed E-state index contributed by atoms with van der Waals surface area (Å²) in [6.45, 7) is 8.28. The van der Waals surface area contributed by atoms with Crippen LogP contribution in [-0.2, 0) is 5.41 Å². The maximum atomic E-state index is 5.43. The van der Waals surface area contributed by atoms with Crippen LogP contribution >= 0.6 is 15.9 Å². The summed E-state index contributed by atoms with van der Waals surface area (Å²) in [7, 11) is 0. The lowest BCUT2D eigenvalue weighted by atomic mass is 9.96. The molecular weight excluding hydrogens is 278 g/mol. The van der Waals surface area contributed by atoms with Gasteiger partial charge >= 0.3 is 0 Å². The van der Waals surface area contributed by atoms with Gasteiger partial charge in [-0.05, 0) is 22.4 Å². The lowest BCUT2D eigenvalue weighted by Crippen LogP contribution is -2.21. The number of anilines is 1. The largest absolute Gasteiger partial charge is 0.356 e. The maximum Gasteiger partial charge on any atom is 0.137 e. The van der Waals surface area contributed by atoms with Gasteiger partial charge in [-0.3, -0.25) is 0 Å². The summed E-state index contributed by atoms with van der Waals surface area (Å²) in [6.07, 6.45) is 6.29. The van der Waals surface area contributed by atoms with Crippen LogP contribution < -0.4 is 5.32 Å². The molecule has 1 atom stereocenters. The molecule has 1 N–H and O–H groups in total. The van der Waals surface area contributed by atoms with Crippen molar-refractivity contribution in [3.63, 3.8) is 0 Å². The van der Waals surface area contributed by atoms with Gasteiger partial charge in [0.25, 0.3) is 0 Å². The number of halogens is 1. The summed E-state index contributed by atoms with van der Waals surface area (Å²) >= 11 is 3.40. The van der Waals surface area contributed by atoms with E-state index in [0.717, 1.165) is 22.7 Å². The third-order valence-electron chi connectivity index (χ3n) is 2.30. The van der Waals surface area contributed by atoms with Crippen LogP contribution in [0.5, 0.6) is 0 Å². The molecule has 1 unspecified atom stereocenters. The monoisotopic (exact) mass is 295 g/mol. The number of aromatic nitrogens is 2. The second kappa shape index (κ2) is 5.50. The van der Waals surface area contributed by atoms with E-state index in [2.05, 4.69) is 57.9 Å². The second-order valence-corrected chi connectivity index (χ2v) is 5.73. The zero-order chi connectivity index (χ0) is 13.1. The Kier molecular flexibility index (Phi) is 4.53. The molecule has 1 heterocycles. The van der Waals surface area contributed by atoms with Crippen molar-refractivity contribution < 1.29 is 0 Å². The number of terminal acetylenes is 1. The summed E-state index contributed by atoms with van der Waals surface area (Å²) < 4.78 is 0.770. The Hall–Kier alpha value is -1.08. The Morgan fingerprint density at radius 1 is 1.47 bits per heavy atom. The molecule has 4 heteroatoms.